The molecule has 2 aromatic heterocycles. The first-order valence-electron chi connectivity index (χ1n) is 10.5. The average molecular weight is 474 g/mol. The molecule has 3 heterocycles. The lowest BCUT2D eigenvalue weighted by Crippen LogP contribution is -2.38. The normalized spacial score (nSPS) is 12.6. The first kappa shape index (κ1) is 21.7. The third-order valence-corrected chi connectivity index (χ3v) is 5.64. The van der Waals surface area contributed by atoms with E-state index in [-0.39, 0.29) is 12.6 Å². The van der Waals surface area contributed by atoms with Crippen molar-refractivity contribution >= 4 is 23.2 Å². The van der Waals surface area contributed by atoms with Crippen LogP contribution in [0.25, 0.3) is 11.3 Å². The Morgan fingerprint density at radius 1 is 1.03 bits per heavy atom. The van der Waals surface area contributed by atoms with Crippen molar-refractivity contribution in [2.45, 2.75) is 6.61 Å². The van der Waals surface area contributed by atoms with E-state index in [4.69, 9.17) is 25.8 Å². The minimum absolute atomic E-state index is 0.0627. The van der Waals surface area contributed by atoms with Crippen LogP contribution in [0.2, 0.25) is 5.02 Å². The molecule has 0 fully saturated rings. The minimum atomic E-state index is -0.208. The van der Waals surface area contributed by atoms with Crippen LogP contribution in [0.15, 0.2) is 79.1 Å². The molecule has 0 spiro atoms. The average Bonchev–Trinajstić information content (AvgIpc) is 2.88. The first-order chi connectivity index (χ1) is 16.6. The number of nitrogens with zero attached hydrogens (tertiary/aromatic N) is 3. The van der Waals surface area contributed by atoms with Gasteiger partial charge in [0, 0.05) is 35.1 Å². The molecular formula is C26H20ClN3O4. The van der Waals surface area contributed by atoms with Crippen molar-refractivity contribution < 1.29 is 19.0 Å². The van der Waals surface area contributed by atoms with Crippen molar-refractivity contribution in [3.63, 3.8) is 0 Å². The molecular weight excluding hydrogens is 454 g/mol. The monoisotopic (exact) mass is 473 g/mol. The maximum atomic E-state index is 13.2. The van der Waals surface area contributed by atoms with Crippen LogP contribution in [0.1, 0.15) is 16.1 Å². The van der Waals surface area contributed by atoms with Gasteiger partial charge in [-0.3, -0.25) is 19.7 Å². The zero-order chi connectivity index (χ0) is 23.5. The minimum Gasteiger partial charge on any atom is -0.493 e. The summed E-state index contributed by atoms with van der Waals surface area (Å²) in [7, 11) is 1.55. The van der Waals surface area contributed by atoms with Gasteiger partial charge in [-0.25, -0.2) is 0 Å². The van der Waals surface area contributed by atoms with Gasteiger partial charge in [-0.05, 0) is 36.4 Å². The Bertz CT molecular complexity index is 1330. The van der Waals surface area contributed by atoms with Gasteiger partial charge in [0.1, 0.15) is 17.9 Å². The van der Waals surface area contributed by atoms with Crippen LogP contribution in [-0.4, -0.2) is 29.7 Å². The molecule has 5 rings (SSSR count). The van der Waals surface area contributed by atoms with E-state index in [2.05, 4.69) is 9.97 Å². The van der Waals surface area contributed by atoms with Crippen LogP contribution in [0.3, 0.4) is 0 Å². The molecule has 0 saturated carbocycles. The van der Waals surface area contributed by atoms with Crippen molar-refractivity contribution in [3.05, 3.63) is 95.4 Å². The molecule has 4 aromatic rings. The Morgan fingerprint density at radius 3 is 2.65 bits per heavy atom. The number of anilines is 1. The van der Waals surface area contributed by atoms with E-state index in [0.717, 1.165) is 11.3 Å². The van der Waals surface area contributed by atoms with E-state index in [1.54, 1.807) is 49.7 Å². The zero-order valence-corrected chi connectivity index (χ0v) is 19.0. The lowest BCUT2D eigenvalue weighted by molar-refractivity contribution is 0.0936. The predicted molar refractivity (Wildman–Crippen MR) is 129 cm³/mol. The van der Waals surface area contributed by atoms with E-state index in [0.29, 0.717) is 45.8 Å². The smallest absolute Gasteiger partial charge is 0.266 e. The second kappa shape index (κ2) is 9.41. The molecule has 0 atom stereocenters. The molecule has 0 saturated heterocycles. The number of rotatable bonds is 6. The number of amides is 1. The van der Waals surface area contributed by atoms with Crippen molar-refractivity contribution in [2.75, 3.05) is 18.7 Å². The van der Waals surface area contributed by atoms with Crippen molar-refractivity contribution in [1.82, 2.24) is 9.97 Å². The molecule has 1 amide bonds. The number of methoxy groups -OCH3 is 1. The summed E-state index contributed by atoms with van der Waals surface area (Å²) in [6.07, 6.45) is 3.25. The van der Waals surface area contributed by atoms with Crippen LogP contribution in [0, 0.1) is 0 Å². The highest BCUT2D eigenvalue weighted by atomic mass is 35.5. The van der Waals surface area contributed by atoms with Crippen molar-refractivity contribution in [2.24, 2.45) is 0 Å². The number of hydrogen-bond acceptors (Lipinski definition) is 6. The van der Waals surface area contributed by atoms with Gasteiger partial charge in [-0.15, -0.1) is 0 Å². The summed E-state index contributed by atoms with van der Waals surface area (Å²) >= 11 is 5.97. The van der Waals surface area contributed by atoms with Gasteiger partial charge in [0.25, 0.3) is 5.91 Å². The Balaban J connectivity index is 1.36. The standard InChI is InChI=1S/C26H20ClN3O4/c1-32-25-12-20(9-10-23(25)33-15-19-4-2-3-11-28-19)30-16-34-24-13-22(29-14-21(24)26(30)31)17-5-7-18(27)8-6-17/h2-14H,15-16H2,1H3. The fourth-order valence-corrected chi connectivity index (χ4v) is 3.73. The number of ether oxygens (including phenoxy) is 3. The van der Waals surface area contributed by atoms with E-state index < -0.39 is 0 Å². The number of hydrogen-bond donors (Lipinski definition) is 0. The molecule has 170 valence electrons. The van der Waals surface area contributed by atoms with Crippen LogP contribution in [0.5, 0.6) is 17.2 Å². The SMILES string of the molecule is COc1cc(N2COc3cc(-c4ccc(Cl)cc4)ncc3C2=O)ccc1OCc1ccccn1. The second-order valence-electron chi connectivity index (χ2n) is 7.52. The van der Waals surface area contributed by atoms with Crippen LogP contribution >= 0.6 is 11.6 Å². The molecule has 1 aliphatic heterocycles. The number of carbonyl (C=O) groups is 1. The highest BCUT2D eigenvalue weighted by Gasteiger charge is 2.28. The Hall–Kier alpha value is -4.10. The topological polar surface area (TPSA) is 73.8 Å². The van der Waals surface area contributed by atoms with Crippen LogP contribution in [0.4, 0.5) is 5.69 Å². The fraction of sp³-hybridized carbons (Fsp3) is 0.115. The first-order valence-corrected chi connectivity index (χ1v) is 10.9. The molecule has 0 unspecified atom stereocenters. The van der Waals surface area contributed by atoms with E-state index in [1.165, 1.54) is 11.1 Å². The van der Waals surface area contributed by atoms with Crippen LogP contribution in [-0.2, 0) is 6.61 Å². The second-order valence-corrected chi connectivity index (χ2v) is 7.96. The largest absolute Gasteiger partial charge is 0.493 e. The van der Waals surface area contributed by atoms with E-state index in [1.807, 2.05) is 30.3 Å². The third kappa shape index (κ3) is 4.38. The van der Waals surface area contributed by atoms with E-state index >= 15 is 0 Å². The number of benzene rings is 2. The number of fused-ring (bicyclic) bond motifs is 1. The van der Waals surface area contributed by atoms with Gasteiger partial charge in [0.15, 0.2) is 18.2 Å². The molecule has 0 N–H and O–H groups in total. The number of aromatic nitrogens is 2. The Labute approximate surface area is 201 Å². The lowest BCUT2D eigenvalue weighted by Gasteiger charge is -2.29. The summed E-state index contributed by atoms with van der Waals surface area (Å²) in [5.74, 6) is 1.34. The molecule has 2 aromatic carbocycles. The quantitative estimate of drug-likeness (QED) is 0.374. The molecule has 8 heteroatoms. The zero-order valence-electron chi connectivity index (χ0n) is 18.3. The van der Waals surface area contributed by atoms with Gasteiger partial charge < -0.3 is 14.2 Å². The fourth-order valence-electron chi connectivity index (χ4n) is 3.60. The summed E-state index contributed by atoms with van der Waals surface area (Å²) in [6, 6.07) is 20.0. The lowest BCUT2D eigenvalue weighted by atomic mass is 10.1. The Morgan fingerprint density at radius 2 is 1.88 bits per heavy atom. The summed E-state index contributed by atoms with van der Waals surface area (Å²) in [5, 5.41) is 0.646. The number of carbonyl (C=O) groups excluding carboxylic acids is 1. The number of halogens is 1. The van der Waals surface area contributed by atoms with Gasteiger partial charge >= 0.3 is 0 Å². The van der Waals surface area contributed by atoms with Gasteiger partial charge in [-0.2, -0.15) is 0 Å². The van der Waals surface area contributed by atoms with Crippen molar-refractivity contribution in [1.29, 1.82) is 0 Å². The van der Waals surface area contributed by atoms with Crippen LogP contribution < -0.4 is 19.1 Å². The highest BCUT2D eigenvalue weighted by molar-refractivity contribution is 6.30. The summed E-state index contributed by atoms with van der Waals surface area (Å²) in [4.78, 5) is 23.4. The summed E-state index contributed by atoms with van der Waals surface area (Å²) in [5.41, 5.74) is 3.40. The molecule has 0 radical (unpaired) electrons. The number of pyridine rings is 2. The van der Waals surface area contributed by atoms with Gasteiger partial charge in [0.05, 0.1) is 24.2 Å². The maximum absolute atomic E-state index is 13.2. The Kier molecular flexibility index (Phi) is 6.01. The molecule has 0 bridgehead atoms. The third-order valence-electron chi connectivity index (χ3n) is 5.39. The highest BCUT2D eigenvalue weighted by Crippen LogP contribution is 2.36. The van der Waals surface area contributed by atoms with E-state index in [9.17, 15) is 4.79 Å². The van der Waals surface area contributed by atoms with Crippen molar-refractivity contribution in [3.8, 4) is 28.5 Å². The molecule has 0 aliphatic carbocycles. The molecule has 1 aliphatic rings. The summed E-state index contributed by atoms with van der Waals surface area (Å²) in [6.45, 7) is 0.366. The maximum Gasteiger partial charge on any atom is 0.266 e. The summed E-state index contributed by atoms with van der Waals surface area (Å²) < 4.78 is 17.3. The van der Waals surface area contributed by atoms with Gasteiger partial charge in [-0.1, -0.05) is 29.8 Å². The van der Waals surface area contributed by atoms with Gasteiger partial charge in [0.2, 0.25) is 0 Å². The molecule has 7 nitrogen and oxygen atoms in total. The predicted octanol–water partition coefficient (Wildman–Crippen LogP) is 5.38. The molecule has 34 heavy (non-hydrogen) atoms.